The molecule has 1 aliphatic heterocycles. The molecule has 0 saturated carbocycles. The highest BCUT2D eigenvalue weighted by Gasteiger charge is 2.34. The van der Waals surface area contributed by atoms with E-state index in [0.717, 1.165) is 12.1 Å². The predicted octanol–water partition coefficient (Wildman–Crippen LogP) is 3.94. The number of hydrogen-bond acceptors (Lipinski definition) is 1. The first-order valence-electron chi connectivity index (χ1n) is 5.58. The molecule has 18 heavy (non-hydrogen) atoms. The van der Waals surface area contributed by atoms with E-state index < -0.39 is 17.7 Å². The monoisotopic (exact) mass is 265 g/mol. The Morgan fingerprint density at radius 2 is 1.44 bits per heavy atom. The van der Waals surface area contributed by atoms with Crippen molar-refractivity contribution in [2.24, 2.45) is 0 Å². The molecule has 1 saturated heterocycles. The second kappa shape index (κ2) is 4.40. The summed E-state index contributed by atoms with van der Waals surface area (Å²) in [5.41, 5.74) is -0.174. The Balaban J connectivity index is 2.07. The summed E-state index contributed by atoms with van der Waals surface area (Å²) >= 11 is 0. The molecular weight excluding hydrogens is 253 g/mol. The summed E-state index contributed by atoms with van der Waals surface area (Å²) in [5.74, 6) is -2.65. The number of halogens is 5. The minimum absolute atomic E-state index is 0.165. The van der Waals surface area contributed by atoms with Crippen LogP contribution in [0, 0.1) is 0 Å². The second-order valence-corrected chi connectivity index (χ2v) is 4.39. The molecule has 0 radical (unpaired) electrons. The van der Waals surface area contributed by atoms with E-state index in [2.05, 4.69) is 0 Å². The van der Waals surface area contributed by atoms with Crippen LogP contribution in [-0.4, -0.2) is 19.0 Å². The summed E-state index contributed by atoms with van der Waals surface area (Å²) in [4.78, 5) is 1.68. The third-order valence-corrected chi connectivity index (χ3v) is 3.05. The molecule has 1 aromatic rings. The highest BCUT2D eigenvalue weighted by Crippen LogP contribution is 2.33. The van der Waals surface area contributed by atoms with Crippen LogP contribution >= 0.6 is 0 Å². The molecule has 0 aliphatic carbocycles. The van der Waals surface area contributed by atoms with Gasteiger partial charge in [-0.25, -0.2) is 8.78 Å². The first-order valence-corrected chi connectivity index (χ1v) is 5.58. The summed E-state index contributed by atoms with van der Waals surface area (Å²) in [6, 6.07) is 4.60. The minimum atomic E-state index is -4.37. The smallest absolute Gasteiger partial charge is 0.371 e. The van der Waals surface area contributed by atoms with Crippen LogP contribution in [0.15, 0.2) is 24.3 Å². The van der Waals surface area contributed by atoms with E-state index in [1.54, 1.807) is 4.90 Å². The highest BCUT2D eigenvalue weighted by molar-refractivity contribution is 5.48. The van der Waals surface area contributed by atoms with Gasteiger partial charge in [0.1, 0.15) is 0 Å². The lowest BCUT2D eigenvalue weighted by Gasteiger charge is -2.33. The van der Waals surface area contributed by atoms with Gasteiger partial charge in [-0.3, -0.25) is 0 Å². The molecule has 0 atom stereocenters. The molecule has 2 rings (SSSR count). The van der Waals surface area contributed by atoms with Gasteiger partial charge in [0.2, 0.25) is 0 Å². The minimum Gasteiger partial charge on any atom is -0.371 e. The van der Waals surface area contributed by atoms with Crippen LogP contribution in [0.2, 0.25) is 0 Å². The van der Waals surface area contributed by atoms with Crippen LogP contribution in [0.5, 0.6) is 0 Å². The van der Waals surface area contributed by atoms with Crippen molar-refractivity contribution in [1.29, 1.82) is 0 Å². The molecule has 0 amide bonds. The van der Waals surface area contributed by atoms with Crippen LogP contribution in [0.1, 0.15) is 18.4 Å². The van der Waals surface area contributed by atoms with Crippen molar-refractivity contribution in [3.63, 3.8) is 0 Å². The predicted molar refractivity (Wildman–Crippen MR) is 57.8 cm³/mol. The van der Waals surface area contributed by atoms with E-state index in [9.17, 15) is 22.0 Å². The Labute approximate surface area is 101 Å². The molecule has 6 heteroatoms. The van der Waals surface area contributed by atoms with Gasteiger partial charge in [-0.15, -0.1) is 0 Å². The van der Waals surface area contributed by atoms with Crippen molar-refractivity contribution in [2.75, 3.05) is 18.0 Å². The maximum Gasteiger partial charge on any atom is 0.416 e. The summed E-state index contributed by atoms with van der Waals surface area (Å²) in [5, 5.41) is 0. The lowest BCUT2D eigenvalue weighted by Crippen LogP contribution is -2.39. The van der Waals surface area contributed by atoms with Gasteiger partial charge in [0.05, 0.1) is 5.56 Å². The zero-order valence-corrected chi connectivity index (χ0v) is 9.47. The molecule has 0 N–H and O–H groups in total. The molecule has 1 aliphatic rings. The largest absolute Gasteiger partial charge is 0.416 e. The number of rotatable bonds is 1. The molecule has 0 spiro atoms. The maximum absolute atomic E-state index is 12.9. The number of hydrogen-bond donors (Lipinski definition) is 0. The van der Waals surface area contributed by atoms with Gasteiger partial charge in [-0.2, -0.15) is 13.2 Å². The van der Waals surface area contributed by atoms with Crippen LogP contribution in [0.25, 0.3) is 0 Å². The van der Waals surface area contributed by atoms with E-state index in [0.29, 0.717) is 5.69 Å². The van der Waals surface area contributed by atoms with Crippen molar-refractivity contribution in [2.45, 2.75) is 24.9 Å². The maximum atomic E-state index is 12.9. The Morgan fingerprint density at radius 1 is 0.944 bits per heavy atom. The normalized spacial score (nSPS) is 19.9. The Morgan fingerprint density at radius 3 is 1.89 bits per heavy atom. The van der Waals surface area contributed by atoms with Gasteiger partial charge in [-0.05, 0) is 24.3 Å². The number of anilines is 1. The summed E-state index contributed by atoms with van der Waals surface area (Å²) in [6.45, 7) is 0.330. The lowest BCUT2D eigenvalue weighted by atomic mass is 10.1. The molecule has 0 aromatic heterocycles. The molecule has 1 fully saturated rings. The molecule has 1 heterocycles. The zero-order valence-electron chi connectivity index (χ0n) is 9.47. The fraction of sp³-hybridized carbons (Fsp3) is 0.500. The van der Waals surface area contributed by atoms with Crippen molar-refractivity contribution in [3.05, 3.63) is 29.8 Å². The Hall–Kier alpha value is -1.33. The van der Waals surface area contributed by atoms with Crippen LogP contribution < -0.4 is 4.90 Å². The van der Waals surface area contributed by atoms with Crippen molar-refractivity contribution < 1.29 is 22.0 Å². The molecule has 0 bridgehead atoms. The molecule has 100 valence electrons. The third kappa shape index (κ3) is 2.91. The van der Waals surface area contributed by atoms with Crippen LogP contribution in [-0.2, 0) is 6.18 Å². The summed E-state index contributed by atoms with van der Waals surface area (Å²) in [6.07, 6.45) is -4.88. The summed E-state index contributed by atoms with van der Waals surface area (Å²) in [7, 11) is 0. The zero-order chi connectivity index (χ0) is 13.4. The van der Waals surface area contributed by atoms with Gasteiger partial charge in [-0.1, -0.05) is 0 Å². The summed E-state index contributed by atoms with van der Waals surface area (Å²) < 4.78 is 62.9. The Bertz CT molecular complexity index is 399. The van der Waals surface area contributed by atoms with E-state index in [1.807, 2.05) is 0 Å². The molecule has 0 unspecified atom stereocenters. The fourth-order valence-corrected chi connectivity index (χ4v) is 1.95. The van der Waals surface area contributed by atoms with Gasteiger partial charge in [0.25, 0.3) is 5.92 Å². The first-order chi connectivity index (χ1) is 8.28. The fourth-order valence-electron chi connectivity index (χ4n) is 1.95. The number of benzene rings is 1. The van der Waals surface area contributed by atoms with Crippen molar-refractivity contribution >= 4 is 5.69 Å². The number of alkyl halides is 5. The molecular formula is C12H12F5N. The van der Waals surface area contributed by atoms with Gasteiger partial charge in [0, 0.05) is 31.6 Å². The topological polar surface area (TPSA) is 3.24 Å². The average molecular weight is 265 g/mol. The number of piperidine rings is 1. The Kier molecular flexibility index (Phi) is 3.21. The quantitative estimate of drug-likeness (QED) is 0.695. The number of nitrogens with zero attached hydrogens (tertiary/aromatic N) is 1. The van der Waals surface area contributed by atoms with Crippen LogP contribution in [0.3, 0.4) is 0 Å². The average Bonchev–Trinajstić information content (AvgIpc) is 2.28. The van der Waals surface area contributed by atoms with E-state index >= 15 is 0 Å². The SMILES string of the molecule is FC1(F)CCN(c2ccc(C(F)(F)F)cc2)CC1. The highest BCUT2D eigenvalue weighted by atomic mass is 19.4. The second-order valence-electron chi connectivity index (χ2n) is 4.39. The van der Waals surface area contributed by atoms with Gasteiger partial charge >= 0.3 is 6.18 Å². The molecule has 1 nitrogen and oxygen atoms in total. The third-order valence-electron chi connectivity index (χ3n) is 3.05. The lowest BCUT2D eigenvalue weighted by molar-refractivity contribution is -0.137. The standard InChI is InChI=1S/C12H12F5N/c13-11(14)5-7-18(8-6-11)10-3-1-9(2-4-10)12(15,16)17/h1-4H,5-8H2. The van der Waals surface area contributed by atoms with Crippen molar-refractivity contribution in [3.8, 4) is 0 Å². The van der Waals surface area contributed by atoms with Crippen molar-refractivity contribution in [1.82, 2.24) is 0 Å². The van der Waals surface area contributed by atoms with Gasteiger partial charge < -0.3 is 4.90 Å². The van der Waals surface area contributed by atoms with E-state index in [1.165, 1.54) is 12.1 Å². The van der Waals surface area contributed by atoms with E-state index in [-0.39, 0.29) is 25.9 Å². The van der Waals surface area contributed by atoms with Gasteiger partial charge in [0.15, 0.2) is 0 Å². The first kappa shape index (κ1) is 13.1. The molecule has 1 aromatic carbocycles. The van der Waals surface area contributed by atoms with Crippen LogP contribution in [0.4, 0.5) is 27.6 Å². The van der Waals surface area contributed by atoms with E-state index in [4.69, 9.17) is 0 Å².